The number of pyridine rings is 1. The summed E-state index contributed by atoms with van der Waals surface area (Å²) >= 11 is 0. The molecule has 8 heteroatoms. The topological polar surface area (TPSA) is 94.8 Å². The average molecular weight is 475 g/mol. The fourth-order valence-electron chi connectivity index (χ4n) is 3.57. The van der Waals surface area contributed by atoms with Gasteiger partial charge >= 0.3 is 6.01 Å². The summed E-state index contributed by atoms with van der Waals surface area (Å²) in [6.45, 7) is 1.89. The molecule has 1 amide bonds. The van der Waals surface area contributed by atoms with Gasteiger partial charge in [0, 0.05) is 53.9 Å². The minimum absolute atomic E-state index is 0.261. The highest BCUT2D eigenvalue weighted by molar-refractivity contribution is 6.02. The van der Waals surface area contributed by atoms with Crippen molar-refractivity contribution in [1.29, 1.82) is 0 Å². The molecular weight excluding hydrogens is 452 g/mol. The molecule has 3 heterocycles. The van der Waals surface area contributed by atoms with E-state index in [1.165, 1.54) is 6.08 Å². The third-order valence-electron chi connectivity index (χ3n) is 5.32. The van der Waals surface area contributed by atoms with E-state index in [9.17, 15) is 4.79 Å². The van der Waals surface area contributed by atoms with E-state index in [-0.39, 0.29) is 11.9 Å². The van der Waals surface area contributed by atoms with Crippen LogP contribution in [0.3, 0.4) is 0 Å². The van der Waals surface area contributed by atoms with Crippen LogP contribution in [0.15, 0.2) is 104 Å². The van der Waals surface area contributed by atoms with Crippen molar-refractivity contribution in [3.05, 3.63) is 115 Å². The largest absolute Gasteiger partial charge is 0.424 e. The second kappa shape index (κ2) is 10.4. The van der Waals surface area contributed by atoms with Gasteiger partial charge in [-0.1, -0.05) is 18.2 Å². The highest BCUT2D eigenvalue weighted by Gasteiger charge is 2.12. The van der Waals surface area contributed by atoms with Gasteiger partial charge in [-0.05, 0) is 67.1 Å². The average Bonchev–Trinajstić information content (AvgIpc) is 3.35. The molecule has 0 radical (unpaired) electrons. The summed E-state index contributed by atoms with van der Waals surface area (Å²) in [4.78, 5) is 25.1. The molecule has 0 aliphatic rings. The Bertz CT molecular complexity index is 1500. The first-order valence-corrected chi connectivity index (χ1v) is 11.3. The molecule has 1 N–H and O–H groups in total. The predicted molar refractivity (Wildman–Crippen MR) is 138 cm³/mol. The number of anilines is 1. The van der Waals surface area contributed by atoms with Crippen LogP contribution >= 0.6 is 0 Å². The number of benzene rings is 2. The van der Waals surface area contributed by atoms with E-state index < -0.39 is 0 Å². The number of aryl methyl sites for hydroxylation is 1. The van der Waals surface area contributed by atoms with Crippen molar-refractivity contribution >= 4 is 17.7 Å². The Kier molecular flexibility index (Phi) is 6.57. The number of hydrogen-bond donors (Lipinski definition) is 1. The molecule has 0 unspecified atom stereocenters. The minimum atomic E-state index is -0.261. The maximum Gasteiger partial charge on any atom is 0.321 e. The molecule has 0 atom stereocenters. The molecule has 0 aliphatic heterocycles. The first kappa shape index (κ1) is 22.7. The van der Waals surface area contributed by atoms with Gasteiger partial charge in [0.15, 0.2) is 0 Å². The third kappa shape index (κ3) is 5.34. The van der Waals surface area contributed by atoms with Gasteiger partial charge in [0.2, 0.25) is 5.91 Å². The van der Waals surface area contributed by atoms with E-state index in [2.05, 4.69) is 20.3 Å². The van der Waals surface area contributed by atoms with Crippen molar-refractivity contribution in [2.75, 3.05) is 5.32 Å². The van der Waals surface area contributed by atoms with Crippen LogP contribution in [0.25, 0.3) is 23.0 Å². The number of carbonyl (C=O) groups is 1. The van der Waals surface area contributed by atoms with Crippen LogP contribution in [0, 0.1) is 6.92 Å². The van der Waals surface area contributed by atoms with Crippen molar-refractivity contribution in [2.24, 2.45) is 0 Å². The first-order valence-electron chi connectivity index (χ1n) is 11.3. The lowest BCUT2D eigenvalue weighted by Gasteiger charge is -2.09. The second-order valence-corrected chi connectivity index (χ2v) is 7.89. The molecule has 5 aromatic rings. The summed E-state index contributed by atoms with van der Waals surface area (Å²) in [6, 6.07) is 20.9. The Morgan fingerprint density at radius 3 is 2.56 bits per heavy atom. The smallest absolute Gasteiger partial charge is 0.321 e. The summed E-state index contributed by atoms with van der Waals surface area (Å²) in [7, 11) is 0. The minimum Gasteiger partial charge on any atom is -0.424 e. The van der Waals surface area contributed by atoms with Gasteiger partial charge in [0.1, 0.15) is 11.4 Å². The Morgan fingerprint density at radius 2 is 1.81 bits per heavy atom. The maximum atomic E-state index is 12.7. The third-order valence-corrected chi connectivity index (χ3v) is 5.32. The lowest BCUT2D eigenvalue weighted by Crippen LogP contribution is -2.09. The number of rotatable bonds is 7. The molecule has 176 valence electrons. The maximum absolute atomic E-state index is 12.7. The van der Waals surface area contributed by atoms with Gasteiger partial charge in [-0.2, -0.15) is 5.10 Å². The number of nitrogens with one attached hydrogen (secondary N) is 1. The summed E-state index contributed by atoms with van der Waals surface area (Å²) < 4.78 is 7.45. The molecular formula is C28H22N6O2. The van der Waals surface area contributed by atoms with E-state index in [4.69, 9.17) is 9.84 Å². The van der Waals surface area contributed by atoms with Crippen LogP contribution in [-0.2, 0) is 4.79 Å². The zero-order valence-electron chi connectivity index (χ0n) is 19.4. The SMILES string of the molecule is Cc1cc(Oc2ncccn2)ccc1NC(=O)C=Cc1cn(-c2ccccc2)nc1-c1cccnc1. The Hall–Kier alpha value is -5.11. The zero-order valence-corrected chi connectivity index (χ0v) is 19.4. The summed E-state index contributed by atoms with van der Waals surface area (Å²) in [5.41, 5.74) is 4.84. The molecule has 0 spiro atoms. The standard InChI is InChI=1S/C28H22N6O2/c1-20-17-24(36-28-30-15-6-16-31-28)11-12-25(20)32-26(35)13-10-22-19-34(23-8-3-2-4-9-23)33-27(22)21-7-5-14-29-18-21/h2-19H,1H3,(H,32,35). The number of carbonyl (C=O) groups excluding carboxylic acids is 1. The van der Waals surface area contributed by atoms with Crippen LogP contribution in [0.1, 0.15) is 11.1 Å². The molecule has 0 bridgehead atoms. The number of para-hydroxylation sites is 1. The van der Waals surface area contributed by atoms with Crippen molar-refractivity contribution in [3.63, 3.8) is 0 Å². The van der Waals surface area contributed by atoms with Crippen LogP contribution in [0.2, 0.25) is 0 Å². The van der Waals surface area contributed by atoms with Crippen LogP contribution in [0.5, 0.6) is 11.8 Å². The van der Waals surface area contributed by atoms with Crippen molar-refractivity contribution in [1.82, 2.24) is 24.7 Å². The van der Waals surface area contributed by atoms with E-state index in [0.717, 1.165) is 28.1 Å². The Morgan fingerprint density at radius 1 is 0.972 bits per heavy atom. The monoisotopic (exact) mass is 474 g/mol. The van der Waals surface area contributed by atoms with E-state index >= 15 is 0 Å². The van der Waals surface area contributed by atoms with Crippen LogP contribution < -0.4 is 10.1 Å². The van der Waals surface area contributed by atoms with Crippen molar-refractivity contribution in [2.45, 2.75) is 6.92 Å². The van der Waals surface area contributed by atoms with Crippen LogP contribution in [-0.4, -0.2) is 30.6 Å². The van der Waals surface area contributed by atoms with Crippen LogP contribution in [0.4, 0.5) is 5.69 Å². The summed E-state index contributed by atoms with van der Waals surface area (Å²) in [5.74, 6) is 0.324. The summed E-state index contributed by atoms with van der Waals surface area (Å²) in [6.07, 6.45) is 11.8. The lowest BCUT2D eigenvalue weighted by molar-refractivity contribution is -0.111. The summed E-state index contributed by atoms with van der Waals surface area (Å²) in [5, 5.41) is 7.66. The van der Waals surface area contributed by atoms with E-state index in [0.29, 0.717) is 11.4 Å². The van der Waals surface area contributed by atoms with Gasteiger partial charge in [-0.15, -0.1) is 0 Å². The number of ether oxygens (including phenoxy) is 1. The highest BCUT2D eigenvalue weighted by atomic mass is 16.5. The van der Waals surface area contributed by atoms with Crippen molar-refractivity contribution < 1.29 is 9.53 Å². The fourth-order valence-corrected chi connectivity index (χ4v) is 3.57. The molecule has 2 aromatic carbocycles. The molecule has 0 aliphatic carbocycles. The van der Waals surface area contributed by atoms with E-state index in [1.807, 2.05) is 61.7 Å². The Balaban J connectivity index is 1.34. The fraction of sp³-hybridized carbons (Fsp3) is 0.0357. The number of nitrogens with zero attached hydrogens (tertiary/aromatic N) is 5. The quantitative estimate of drug-likeness (QED) is 0.314. The second-order valence-electron chi connectivity index (χ2n) is 7.89. The van der Waals surface area contributed by atoms with E-state index in [1.54, 1.807) is 53.7 Å². The number of hydrogen-bond acceptors (Lipinski definition) is 6. The van der Waals surface area contributed by atoms with Gasteiger partial charge < -0.3 is 10.1 Å². The molecule has 0 saturated heterocycles. The molecule has 0 saturated carbocycles. The molecule has 0 fully saturated rings. The van der Waals surface area contributed by atoms with Crippen molar-refractivity contribution in [3.8, 4) is 28.7 Å². The zero-order chi connectivity index (χ0) is 24.7. The molecule has 3 aromatic heterocycles. The van der Waals surface area contributed by atoms with Gasteiger partial charge in [-0.3, -0.25) is 9.78 Å². The van der Waals surface area contributed by atoms with Gasteiger partial charge in [0.05, 0.1) is 5.69 Å². The highest BCUT2D eigenvalue weighted by Crippen LogP contribution is 2.26. The number of aromatic nitrogens is 5. The molecule has 8 nitrogen and oxygen atoms in total. The number of amides is 1. The Labute approximate surface area is 208 Å². The normalized spacial score (nSPS) is 10.9. The molecule has 36 heavy (non-hydrogen) atoms. The van der Waals surface area contributed by atoms with Gasteiger partial charge in [0.25, 0.3) is 0 Å². The lowest BCUT2D eigenvalue weighted by atomic mass is 10.1. The van der Waals surface area contributed by atoms with Gasteiger partial charge in [-0.25, -0.2) is 14.6 Å². The predicted octanol–water partition coefficient (Wildman–Crippen LogP) is 5.48. The first-order chi connectivity index (χ1) is 17.7. The molecule has 5 rings (SSSR count).